The Morgan fingerprint density at radius 1 is 1.47 bits per heavy atom. The van der Waals surface area contributed by atoms with Gasteiger partial charge in [0, 0.05) is 0 Å². The number of rotatable bonds is 4. The first-order valence-corrected chi connectivity index (χ1v) is 5.90. The summed E-state index contributed by atoms with van der Waals surface area (Å²) in [5.41, 5.74) is 6.55. The second-order valence-electron chi connectivity index (χ2n) is 3.36. The minimum Gasteiger partial charge on any atom is -0.491 e. The highest BCUT2D eigenvalue weighted by Crippen LogP contribution is 2.30. The molecule has 0 aliphatic carbocycles. The minimum absolute atomic E-state index is 0.594. The van der Waals surface area contributed by atoms with Crippen LogP contribution in [0.5, 0.6) is 5.75 Å². The first-order chi connectivity index (χ1) is 7.31. The zero-order valence-electron chi connectivity index (χ0n) is 8.69. The molecule has 4 heteroatoms. The number of ether oxygens (including phenoxy) is 1. The maximum absolute atomic E-state index is 5.67. The molecule has 0 atom stereocenters. The van der Waals surface area contributed by atoms with E-state index < -0.39 is 0 Å². The Bertz CT molecular complexity index is 453. The summed E-state index contributed by atoms with van der Waals surface area (Å²) in [6.45, 7) is 2.89. The Labute approximate surface area is 92.9 Å². The molecule has 0 unspecified atom stereocenters. The van der Waals surface area contributed by atoms with Crippen molar-refractivity contribution < 1.29 is 4.74 Å². The molecule has 80 valence electrons. The van der Waals surface area contributed by atoms with Gasteiger partial charge in [-0.1, -0.05) is 30.7 Å². The highest BCUT2D eigenvalue weighted by atomic mass is 32.1. The van der Waals surface area contributed by atoms with E-state index in [1.54, 1.807) is 0 Å². The van der Waals surface area contributed by atoms with Gasteiger partial charge in [-0.3, -0.25) is 0 Å². The van der Waals surface area contributed by atoms with Gasteiger partial charge in [0.15, 0.2) is 5.13 Å². The number of benzene rings is 1. The number of hydrogen-bond donors (Lipinski definition) is 1. The van der Waals surface area contributed by atoms with Crippen LogP contribution < -0.4 is 10.5 Å². The van der Waals surface area contributed by atoms with Crippen molar-refractivity contribution in [1.82, 2.24) is 4.98 Å². The van der Waals surface area contributed by atoms with Crippen LogP contribution in [0.2, 0.25) is 0 Å². The van der Waals surface area contributed by atoms with E-state index in [0.29, 0.717) is 5.13 Å². The van der Waals surface area contributed by atoms with Gasteiger partial charge in [0.2, 0.25) is 0 Å². The number of nitrogens with two attached hydrogens (primary N) is 1. The van der Waals surface area contributed by atoms with Gasteiger partial charge >= 0.3 is 0 Å². The highest BCUT2D eigenvalue weighted by Gasteiger charge is 2.06. The van der Waals surface area contributed by atoms with Crippen LogP contribution in [0.15, 0.2) is 18.2 Å². The van der Waals surface area contributed by atoms with E-state index in [1.165, 1.54) is 11.3 Å². The number of para-hydroxylation sites is 1. The van der Waals surface area contributed by atoms with Crippen molar-refractivity contribution in [2.45, 2.75) is 19.8 Å². The van der Waals surface area contributed by atoms with E-state index in [-0.39, 0.29) is 0 Å². The van der Waals surface area contributed by atoms with Crippen LogP contribution in [0.4, 0.5) is 5.13 Å². The molecular formula is C11H14N2OS. The van der Waals surface area contributed by atoms with Crippen LogP contribution in [-0.2, 0) is 0 Å². The Balaban J connectivity index is 2.25. The van der Waals surface area contributed by atoms with E-state index in [9.17, 15) is 0 Å². The molecule has 0 radical (unpaired) electrons. The highest BCUT2D eigenvalue weighted by molar-refractivity contribution is 7.22. The van der Waals surface area contributed by atoms with Crippen LogP contribution in [0.25, 0.3) is 10.2 Å². The predicted octanol–water partition coefficient (Wildman–Crippen LogP) is 3.06. The molecule has 2 rings (SSSR count). The van der Waals surface area contributed by atoms with Gasteiger partial charge in [-0.25, -0.2) is 4.98 Å². The summed E-state index contributed by atoms with van der Waals surface area (Å²) in [5.74, 6) is 0.842. The summed E-state index contributed by atoms with van der Waals surface area (Å²) in [6.07, 6.45) is 2.20. The predicted molar refractivity (Wildman–Crippen MR) is 64.4 cm³/mol. The van der Waals surface area contributed by atoms with Gasteiger partial charge in [-0.15, -0.1) is 0 Å². The van der Waals surface area contributed by atoms with Gasteiger partial charge in [0.1, 0.15) is 11.3 Å². The van der Waals surface area contributed by atoms with Crippen molar-refractivity contribution in [1.29, 1.82) is 0 Å². The van der Waals surface area contributed by atoms with Gasteiger partial charge in [-0.05, 0) is 18.6 Å². The van der Waals surface area contributed by atoms with Gasteiger partial charge in [-0.2, -0.15) is 0 Å². The lowest BCUT2D eigenvalue weighted by Crippen LogP contribution is -1.96. The lowest BCUT2D eigenvalue weighted by Gasteiger charge is -2.04. The summed E-state index contributed by atoms with van der Waals surface area (Å²) >= 11 is 1.49. The molecule has 15 heavy (non-hydrogen) atoms. The number of thiazole rings is 1. The summed E-state index contributed by atoms with van der Waals surface area (Å²) in [6, 6.07) is 5.93. The van der Waals surface area contributed by atoms with Crippen molar-refractivity contribution in [2.24, 2.45) is 0 Å². The molecule has 1 aromatic heterocycles. The number of fused-ring (bicyclic) bond motifs is 1. The van der Waals surface area contributed by atoms with Gasteiger partial charge in [0.05, 0.1) is 11.3 Å². The van der Waals surface area contributed by atoms with E-state index >= 15 is 0 Å². The third-order valence-electron chi connectivity index (χ3n) is 2.15. The Morgan fingerprint density at radius 3 is 3.13 bits per heavy atom. The molecule has 2 N–H and O–H groups in total. The standard InChI is InChI=1S/C11H14N2OS/c1-2-3-7-14-8-5-4-6-9-10(8)13-11(12)15-9/h4-6H,2-3,7H2,1H3,(H2,12,13). The van der Waals surface area contributed by atoms with Crippen molar-refractivity contribution in [3.05, 3.63) is 18.2 Å². The zero-order valence-corrected chi connectivity index (χ0v) is 9.51. The molecule has 0 spiro atoms. The quantitative estimate of drug-likeness (QED) is 0.809. The number of nitrogens with zero attached hydrogens (tertiary/aromatic N) is 1. The summed E-state index contributed by atoms with van der Waals surface area (Å²) in [4.78, 5) is 4.26. The molecule has 3 nitrogen and oxygen atoms in total. The first-order valence-electron chi connectivity index (χ1n) is 5.09. The lowest BCUT2D eigenvalue weighted by molar-refractivity contribution is 0.312. The topological polar surface area (TPSA) is 48.1 Å². The second-order valence-corrected chi connectivity index (χ2v) is 4.42. The molecule has 0 aliphatic rings. The maximum atomic E-state index is 5.67. The summed E-state index contributed by atoms with van der Waals surface area (Å²) in [7, 11) is 0. The smallest absolute Gasteiger partial charge is 0.181 e. The molecule has 0 saturated heterocycles. The largest absolute Gasteiger partial charge is 0.491 e. The van der Waals surface area contributed by atoms with Crippen LogP contribution in [0.1, 0.15) is 19.8 Å². The van der Waals surface area contributed by atoms with Crippen LogP contribution in [0, 0.1) is 0 Å². The molecule has 1 heterocycles. The molecule has 2 aromatic rings. The van der Waals surface area contributed by atoms with Crippen molar-refractivity contribution in [3.8, 4) is 5.75 Å². The summed E-state index contributed by atoms with van der Waals surface area (Å²) < 4.78 is 6.75. The Morgan fingerprint density at radius 2 is 2.33 bits per heavy atom. The Kier molecular flexibility index (Phi) is 3.06. The van der Waals surface area contributed by atoms with Crippen LogP contribution >= 0.6 is 11.3 Å². The zero-order chi connectivity index (χ0) is 10.7. The molecule has 0 bridgehead atoms. The molecule has 0 fully saturated rings. The third-order valence-corrected chi connectivity index (χ3v) is 3.00. The number of anilines is 1. The van der Waals surface area contributed by atoms with Crippen molar-refractivity contribution in [2.75, 3.05) is 12.3 Å². The van der Waals surface area contributed by atoms with Gasteiger partial charge < -0.3 is 10.5 Å². The fraction of sp³-hybridized carbons (Fsp3) is 0.364. The monoisotopic (exact) mass is 222 g/mol. The van der Waals surface area contributed by atoms with E-state index in [2.05, 4.69) is 11.9 Å². The van der Waals surface area contributed by atoms with Crippen molar-refractivity contribution >= 4 is 26.7 Å². The fourth-order valence-electron chi connectivity index (χ4n) is 1.38. The number of aromatic nitrogens is 1. The van der Waals surface area contributed by atoms with E-state index in [4.69, 9.17) is 10.5 Å². The average Bonchev–Trinajstić information content (AvgIpc) is 2.59. The lowest BCUT2D eigenvalue weighted by atomic mass is 10.3. The SMILES string of the molecule is CCCCOc1cccc2sc(N)nc12. The second kappa shape index (κ2) is 4.49. The molecular weight excluding hydrogens is 208 g/mol. The van der Waals surface area contributed by atoms with Crippen molar-refractivity contribution in [3.63, 3.8) is 0 Å². The van der Waals surface area contributed by atoms with Crippen LogP contribution in [0.3, 0.4) is 0 Å². The normalized spacial score (nSPS) is 10.7. The number of hydrogen-bond acceptors (Lipinski definition) is 4. The molecule has 0 amide bonds. The van der Waals surface area contributed by atoms with Crippen LogP contribution in [-0.4, -0.2) is 11.6 Å². The maximum Gasteiger partial charge on any atom is 0.181 e. The first kappa shape index (κ1) is 10.2. The van der Waals surface area contributed by atoms with Gasteiger partial charge in [0.25, 0.3) is 0 Å². The van der Waals surface area contributed by atoms with E-state index in [0.717, 1.165) is 35.4 Å². The minimum atomic E-state index is 0.594. The number of nitrogen functional groups attached to an aromatic ring is 1. The average molecular weight is 222 g/mol. The molecule has 1 aromatic carbocycles. The summed E-state index contributed by atoms with van der Waals surface area (Å²) in [5, 5.41) is 0.594. The van der Waals surface area contributed by atoms with E-state index in [1.807, 2.05) is 18.2 Å². The third kappa shape index (κ3) is 2.21. The molecule has 0 aliphatic heterocycles. The molecule has 0 saturated carbocycles. The number of unbranched alkanes of at least 4 members (excludes halogenated alkanes) is 1. The Hall–Kier alpha value is -1.29. The fourth-order valence-corrected chi connectivity index (χ4v) is 2.14.